The van der Waals surface area contributed by atoms with E-state index in [0.29, 0.717) is 13.2 Å². The van der Waals surface area contributed by atoms with Crippen molar-refractivity contribution in [2.45, 2.75) is 45.4 Å². The molecule has 0 radical (unpaired) electrons. The van der Waals surface area contributed by atoms with E-state index >= 15 is 0 Å². The molecule has 0 heterocycles. The number of ether oxygens (including phenoxy) is 2. The van der Waals surface area contributed by atoms with Crippen LogP contribution in [0.2, 0.25) is 0 Å². The van der Waals surface area contributed by atoms with Crippen LogP contribution in [-0.2, 0) is 23.5 Å². The van der Waals surface area contributed by atoms with E-state index in [0.717, 1.165) is 25.0 Å². The van der Waals surface area contributed by atoms with Crippen LogP contribution in [0.25, 0.3) is 0 Å². The molecule has 0 amide bonds. The number of hydrogen-bond donors (Lipinski definition) is 0. The first kappa shape index (κ1) is 25.9. The molecule has 26 heavy (non-hydrogen) atoms. The van der Waals surface area contributed by atoms with Crippen LogP contribution < -0.4 is 34.3 Å². The molecule has 1 aromatic carbocycles. The van der Waals surface area contributed by atoms with Crippen LogP contribution in [0.4, 0.5) is 0 Å². The van der Waals surface area contributed by atoms with Gasteiger partial charge in [-0.05, 0) is 18.6 Å². The second kappa shape index (κ2) is 17.0. The maximum Gasteiger partial charge on any atom is 1.00 e. The van der Waals surface area contributed by atoms with Gasteiger partial charge in [0.25, 0.3) is 0 Å². The van der Waals surface area contributed by atoms with Gasteiger partial charge in [-0.2, -0.15) is 8.42 Å². The van der Waals surface area contributed by atoms with Crippen molar-refractivity contribution in [2.75, 3.05) is 33.0 Å². The summed E-state index contributed by atoms with van der Waals surface area (Å²) in [5.74, 6) is 0.771. The van der Waals surface area contributed by atoms with E-state index in [2.05, 4.69) is 6.92 Å². The first-order valence-electron chi connectivity index (χ1n) is 8.93. The summed E-state index contributed by atoms with van der Waals surface area (Å²) >= 11 is 0. The standard InChI is InChI=1S/C18H30O6S.Na.H/c1-2-3-4-5-6-10-13-23-25(19,20)24-17-15-21-14-16-22-18-11-8-7-9-12-18;;/h7-9,11-12H,2-6,10,13-17H2,1H3;;/q;+1;-1. The third-order valence-corrected chi connectivity index (χ3v) is 4.33. The Morgan fingerprint density at radius 2 is 1.42 bits per heavy atom. The number of para-hydroxylation sites is 1. The first-order valence-corrected chi connectivity index (χ1v) is 10.3. The van der Waals surface area contributed by atoms with Crippen LogP contribution in [0.3, 0.4) is 0 Å². The molecule has 0 N–H and O–H groups in total. The number of unbranched alkanes of at least 4 members (excludes halogenated alkanes) is 5. The van der Waals surface area contributed by atoms with Crippen LogP contribution in [0, 0.1) is 0 Å². The topological polar surface area (TPSA) is 71.1 Å². The Bertz CT molecular complexity index is 530. The molecule has 0 bridgehead atoms. The van der Waals surface area contributed by atoms with E-state index in [1.54, 1.807) is 0 Å². The molecule has 6 nitrogen and oxygen atoms in total. The van der Waals surface area contributed by atoms with E-state index in [-0.39, 0.29) is 50.8 Å². The van der Waals surface area contributed by atoms with E-state index < -0.39 is 10.4 Å². The van der Waals surface area contributed by atoms with Gasteiger partial charge in [-0.15, -0.1) is 0 Å². The molecule has 0 saturated heterocycles. The Labute approximate surface area is 181 Å². The molecule has 0 atom stereocenters. The van der Waals surface area contributed by atoms with Gasteiger partial charge < -0.3 is 10.9 Å². The summed E-state index contributed by atoms with van der Waals surface area (Å²) in [6.45, 7) is 3.18. The van der Waals surface area contributed by atoms with Gasteiger partial charge in [0.05, 0.1) is 26.4 Å². The normalized spacial score (nSPS) is 11.1. The summed E-state index contributed by atoms with van der Waals surface area (Å²) in [5.41, 5.74) is 0. The van der Waals surface area contributed by atoms with E-state index in [1.807, 2.05) is 30.3 Å². The third kappa shape index (κ3) is 15.0. The van der Waals surface area contributed by atoms with Gasteiger partial charge in [-0.1, -0.05) is 57.2 Å². The van der Waals surface area contributed by atoms with Crippen molar-refractivity contribution in [1.29, 1.82) is 0 Å². The van der Waals surface area contributed by atoms with Gasteiger partial charge in [-0.25, -0.2) is 8.37 Å². The predicted molar refractivity (Wildman–Crippen MR) is 98.1 cm³/mol. The summed E-state index contributed by atoms with van der Waals surface area (Å²) in [4.78, 5) is 0. The molecular weight excluding hydrogens is 367 g/mol. The quantitative estimate of drug-likeness (QED) is 0.304. The van der Waals surface area contributed by atoms with E-state index in [9.17, 15) is 8.42 Å². The molecule has 8 heteroatoms. The zero-order valence-electron chi connectivity index (χ0n) is 17.0. The first-order chi connectivity index (χ1) is 12.1. The zero-order chi connectivity index (χ0) is 18.2. The van der Waals surface area contributed by atoms with Crippen LogP contribution in [0.1, 0.15) is 46.9 Å². The van der Waals surface area contributed by atoms with Crippen LogP contribution in [0.5, 0.6) is 5.75 Å². The minimum atomic E-state index is -3.93. The molecule has 1 aromatic rings. The molecule has 0 spiro atoms. The van der Waals surface area contributed by atoms with Crippen LogP contribution in [0.15, 0.2) is 30.3 Å². The summed E-state index contributed by atoms with van der Waals surface area (Å²) in [7, 11) is -3.93. The molecule has 0 aliphatic rings. The van der Waals surface area contributed by atoms with Gasteiger partial charge in [0.15, 0.2) is 0 Å². The Kier molecular flexibility index (Phi) is 16.9. The van der Waals surface area contributed by atoms with E-state index in [4.69, 9.17) is 17.8 Å². The summed E-state index contributed by atoms with van der Waals surface area (Å²) in [6.07, 6.45) is 6.40. The maximum absolute atomic E-state index is 11.5. The summed E-state index contributed by atoms with van der Waals surface area (Å²) < 4.78 is 43.3. The molecular formula is C18H31NaO6S. The zero-order valence-corrected chi connectivity index (χ0v) is 18.8. The van der Waals surface area contributed by atoms with Crippen molar-refractivity contribution in [1.82, 2.24) is 0 Å². The van der Waals surface area contributed by atoms with Gasteiger partial charge in [0.1, 0.15) is 12.4 Å². The molecule has 0 aliphatic heterocycles. The molecule has 146 valence electrons. The molecule has 0 saturated carbocycles. The van der Waals surface area contributed by atoms with Gasteiger partial charge in [0, 0.05) is 0 Å². The average molecular weight is 398 g/mol. The minimum absolute atomic E-state index is 0. The molecule has 0 unspecified atom stereocenters. The molecule has 0 aromatic heterocycles. The van der Waals surface area contributed by atoms with Crippen molar-refractivity contribution in [3.63, 3.8) is 0 Å². The molecule has 0 fully saturated rings. The number of benzene rings is 1. The van der Waals surface area contributed by atoms with Gasteiger partial charge in [-0.3, -0.25) is 0 Å². The Hall–Kier alpha value is -0.150. The van der Waals surface area contributed by atoms with Crippen molar-refractivity contribution < 1.29 is 57.2 Å². The second-order valence-corrected chi connectivity index (χ2v) is 6.88. The van der Waals surface area contributed by atoms with Crippen LogP contribution >= 0.6 is 0 Å². The van der Waals surface area contributed by atoms with Crippen molar-refractivity contribution in [3.05, 3.63) is 30.3 Å². The Balaban J connectivity index is 0. The second-order valence-electron chi connectivity index (χ2n) is 5.59. The Morgan fingerprint density at radius 3 is 2.15 bits per heavy atom. The van der Waals surface area contributed by atoms with Crippen molar-refractivity contribution in [3.8, 4) is 5.75 Å². The van der Waals surface area contributed by atoms with Crippen molar-refractivity contribution >= 4 is 10.4 Å². The van der Waals surface area contributed by atoms with Crippen molar-refractivity contribution in [2.24, 2.45) is 0 Å². The largest absolute Gasteiger partial charge is 1.00 e. The molecule has 0 aliphatic carbocycles. The minimum Gasteiger partial charge on any atom is -1.00 e. The monoisotopic (exact) mass is 398 g/mol. The Morgan fingerprint density at radius 1 is 0.808 bits per heavy atom. The fraction of sp³-hybridized carbons (Fsp3) is 0.667. The number of hydrogen-bond acceptors (Lipinski definition) is 6. The van der Waals surface area contributed by atoms with E-state index in [1.165, 1.54) is 19.3 Å². The smallest absolute Gasteiger partial charge is 1.00 e. The molecule has 1 rings (SSSR count). The van der Waals surface area contributed by atoms with Gasteiger partial charge >= 0.3 is 40.0 Å². The van der Waals surface area contributed by atoms with Gasteiger partial charge in [0.2, 0.25) is 0 Å². The SMILES string of the molecule is CCCCCCCCOS(=O)(=O)OCCOCCOc1ccccc1.[H-].[Na+]. The summed E-state index contributed by atoms with van der Waals surface area (Å²) in [6, 6.07) is 9.41. The predicted octanol–water partition coefficient (Wildman–Crippen LogP) is 0.837. The average Bonchev–Trinajstić information content (AvgIpc) is 2.61. The fourth-order valence-electron chi connectivity index (χ4n) is 2.11. The maximum atomic E-state index is 11.5. The fourth-order valence-corrected chi connectivity index (χ4v) is 2.77. The van der Waals surface area contributed by atoms with Crippen LogP contribution in [-0.4, -0.2) is 41.5 Å². The third-order valence-electron chi connectivity index (χ3n) is 3.42. The number of rotatable bonds is 16. The summed E-state index contributed by atoms with van der Waals surface area (Å²) in [5, 5.41) is 0.